The molecule has 1 aliphatic rings. The van der Waals surface area contributed by atoms with E-state index in [9.17, 15) is 9.90 Å². The predicted molar refractivity (Wildman–Crippen MR) is 107 cm³/mol. The van der Waals surface area contributed by atoms with Gasteiger partial charge in [0, 0.05) is 19.0 Å². The highest BCUT2D eigenvalue weighted by Crippen LogP contribution is 2.39. The van der Waals surface area contributed by atoms with Crippen LogP contribution in [0.2, 0.25) is 0 Å². The zero-order valence-electron chi connectivity index (χ0n) is 16.5. The molecule has 0 bridgehead atoms. The zero-order valence-corrected chi connectivity index (χ0v) is 16.5. The van der Waals surface area contributed by atoms with E-state index < -0.39 is 5.60 Å². The van der Waals surface area contributed by atoms with Crippen LogP contribution in [0.25, 0.3) is 16.9 Å². The molecule has 2 heterocycles. The minimum Gasteiger partial charge on any atom is -0.497 e. The average molecular weight is 393 g/mol. The fourth-order valence-corrected chi connectivity index (χ4v) is 3.67. The molecule has 7 heteroatoms. The molecule has 1 saturated carbocycles. The summed E-state index contributed by atoms with van der Waals surface area (Å²) in [6.45, 7) is 0. The molecule has 150 valence electrons. The molecule has 1 fully saturated rings. The summed E-state index contributed by atoms with van der Waals surface area (Å²) in [5.41, 5.74) is 1.74. The number of hydrogen-bond donors (Lipinski definition) is 1. The van der Waals surface area contributed by atoms with E-state index in [1.807, 2.05) is 42.5 Å². The quantitative estimate of drug-likeness (QED) is 0.716. The second-order valence-corrected chi connectivity index (χ2v) is 7.16. The van der Waals surface area contributed by atoms with Crippen LogP contribution in [0, 0.1) is 0 Å². The van der Waals surface area contributed by atoms with Crippen molar-refractivity contribution in [2.45, 2.75) is 31.3 Å². The molecule has 2 aromatic heterocycles. The average Bonchev–Trinajstić information content (AvgIpc) is 3.22. The SMILES string of the molecule is COc1ccc(-n2nc(C3(O)CCC(=O)CC3)cc2-c2cccnc2OC)cc1. The van der Waals surface area contributed by atoms with Crippen molar-refractivity contribution < 1.29 is 19.4 Å². The Hall–Kier alpha value is -3.19. The molecule has 0 radical (unpaired) electrons. The van der Waals surface area contributed by atoms with Gasteiger partial charge in [-0.15, -0.1) is 0 Å². The van der Waals surface area contributed by atoms with Crippen LogP contribution in [-0.2, 0) is 10.4 Å². The first-order chi connectivity index (χ1) is 14.0. The number of ether oxygens (including phenoxy) is 2. The Balaban J connectivity index is 1.85. The smallest absolute Gasteiger partial charge is 0.222 e. The summed E-state index contributed by atoms with van der Waals surface area (Å²) < 4.78 is 12.5. The summed E-state index contributed by atoms with van der Waals surface area (Å²) in [6, 6.07) is 13.1. The summed E-state index contributed by atoms with van der Waals surface area (Å²) in [5, 5.41) is 15.9. The van der Waals surface area contributed by atoms with Gasteiger partial charge in [0.15, 0.2) is 0 Å². The van der Waals surface area contributed by atoms with Crippen LogP contribution in [0.15, 0.2) is 48.7 Å². The molecular weight excluding hydrogens is 370 g/mol. The zero-order chi connectivity index (χ0) is 20.4. The number of aromatic nitrogens is 3. The van der Waals surface area contributed by atoms with Gasteiger partial charge in [-0.1, -0.05) is 0 Å². The summed E-state index contributed by atoms with van der Waals surface area (Å²) in [6.07, 6.45) is 3.12. The van der Waals surface area contributed by atoms with Gasteiger partial charge >= 0.3 is 0 Å². The Kier molecular flexibility index (Phi) is 5.07. The lowest BCUT2D eigenvalue weighted by atomic mass is 9.82. The normalized spacial score (nSPS) is 15.9. The lowest BCUT2D eigenvalue weighted by Gasteiger charge is -2.29. The third-order valence-corrected chi connectivity index (χ3v) is 5.38. The van der Waals surface area contributed by atoms with Crippen molar-refractivity contribution in [2.24, 2.45) is 0 Å². The molecule has 4 rings (SSSR count). The van der Waals surface area contributed by atoms with Crippen LogP contribution < -0.4 is 9.47 Å². The lowest BCUT2D eigenvalue weighted by molar-refractivity contribution is -0.125. The van der Waals surface area contributed by atoms with Gasteiger partial charge in [-0.05, 0) is 55.3 Å². The standard InChI is InChI=1S/C22H23N3O4/c1-28-17-7-5-15(6-8-17)25-19(18-4-3-13-23-21(18)29-2)14-20(24-25)22(27)11-9-16(26)10-12-22/h3-8,13-14,27H,9-12H2,1-2H3. The van der Waals surface area contributed by atoms with Gasteiger partial charge in [0.05, 0.1) is 36.9 Å². The summed E-state index contributed by atoms with van der Waals surface area (Å²) in [5.74, 6) is 1.39. The van der Waals surface area contributed by atoms with Gasteiger partial charge in [-0.25, -0.2) is 9.67 Å². The fourth-order valence-electron chi connectivity index (χ4n) is 3.67. The molecule has 1 aliphatic carbocycles. The van der Waals surface area contributed by atoms with E-state index in [1.54, 1.807) is 25.1 Å². The maximum atomic E-state index is 11.7. The molecule has 29 heavy (non-hydrogen) atoms. The number of nitrogens with zero attached hydrogens (tertiary/aromatic N) is 3. The Morgan fingerprint density at radius 1 is 1.07 bits per heavy atom. The monoisotopic (exact) mass is 393 g/mol. The first-order valence-corrected chi connectivity index (χ1v) is 9.52. The van der Waals surface area contributed by atoms with Crippen LogP contribution >= 0.6 is 0 Å². The topological polar surface area (TPSA) is 86.5 Å². The number of benzene rings is 1. The molecule has 1 aromatic carbocycles. The minimum absolute atomic E-state index is 0.179. The molecule has 0 saturated heterocycles. The Bertz CT molecular complexity index is 1020. The second kappa shape index (κ2) is 7.67. The summed E-state index contributed by atoms with van der Waals surface area (Å²) >= 11 is 0. The van der Waals surface area contributed by atoms with E-state index in [1.165, 1.54) is 0 Å². The second-order valence-electron chi connectivity index (χ2n) is 7.16. The maximum Gasteiger partial charge on any atom is 0.222 e. The van der Waals surface area contributed by atoms with Crippen molar-refractivity contribution in [1.82, 2.24) is 14.8 Å². The molecule has 3 aromatic rings. The van der Waals surface area contributed by atoms with Crippen molar-refractivity contribution in [3.8, 4) is 28.6 Å². The highest BCUT2D eigenvalue weighted by Gasteiger charge is 2.37. The number of ketones is 1. The Morgan fingerprint density at radius 2 is 1.79 bits per heavy atom. The van der Waals surface area contributed by atoms with Crippen molar-refractivity contribution in [2.75, 3.05) is 14.2 Å². The number of hydrogen-bond acceptors (Lipinski definition) is 6. The van der Waals surface area contributed by atoms with Crippen molar-refractivity contribution in [1.29, 1.82) is 0 Å². The number of aliphatic hydroxyl groups is 1. The minimum atomic E-state index is -1.13. The van der Waals surface area contributed by atoms with E-state index in [0.29, 0.717) is 37.3 Å². The molecule has 7 nitrogen and oxygen atoms in total. The number of Topliss-reactive ketones (excluding diaryl/α,β-unsaturated/α-hetero) is 1. The highest BCUT2D eigenvalue weighted by molar-refractivity contribution is 5.79. The maximum absolute atomic E-state index is 11.7. The van der Waals surface area contributed by atoms with Gasteiger partial charge in [0.1, 0.15) is 17.1 Å². The number of carbonyl (C=O) groups excluding carboxylic acids is 1. The first kappa shape index (κ1) is 19.1. The van der Waals surface area contributed by atoms with E-state index in [-0.39, 0.29) is 5.78 Å². The van der Waals surface area contributed by atoms with Crippen molar-refractivity contribution >= 4 is 5.78 Å². The van der Waals surface area contributed by atoms with Gasteiger partial charge in [-0.3, -0.25) is 4.79 Å². The van der Waals surface area contributed by atoms with E-state index in [4.69, 9.17) is 14.6 Å². The molecule has 0 atom stereocenters. The first-order valence-electron chi connectivity index (χ1n) is 9.52. The molecule has 0 unspecified atom stereocenters. The molecule has 0 spiro atoms. The largest absolute Gasteiger partial charge is 0.497 e. The summed E-state index contributed by atoms with van der Waals surface area (Å²) in [7, 11) is 3.19. The van der Waals surface area contributed by atoms with E-state index in [2.05, 4.69) is 4.98 Å². The highest BCUT2D eigenvalue weighted by atomic mass is 16.5. The molecular formula is C22H23N3O4. The van der Waals surface area contributed by atoms with Crippen LogP contribution in [-0.4, -0.2) is 39.9 Å². The van der Waals surface area contributed by atoms with Crippen molar-refractivity contribution in [3.05, 3.63) is 54.4 Å². The fraction of sp³-hybridized carbons (Fsp3) is 0.318. The van der Waals surface area contributed by atoms with Gasteiger partial charge < -0.3 is 14.6 Å². The molecule has 1 N–H and O–H groups in total. The van der Waals surface area contributed by atoms with Crippen LogP contribution in [0.1, 0.15) is 31.4 Å². The summed E-state index contributed by atoms with van der Waals surface area (Å²) in [4.78, 5) is 16.0. The third kappa shape index (κ3) is 3.61. The number of pyridine rings is 1. The Labute approximate surface area is 168 Å². The van der Waals surface area contributed by atoms with Crippen LogP contribution in [0.5, 0.6) is 11.6 Å². The lowest BCUT2D eigenvalue weighted by Crippen LogP contribution is -2.32. The number of methoxy groups -OCH3 is 2. The van der Waals surface area contributed by atoms with E-state index in [0.717, 1.165) is 22.7 Å². The van der Waals surface area contributed by atoms with Crippen molar-refractivity contribution in [3.63, 3.8) is 0 Å². The molecule has 0 aliphatic heterocycles. The Morgan fingerprint density at radius 3 is 2.45 bits per heavy atom. The number of rotatable bonds is 5. The van der Waals surface area contributed by atoms with Gasteiger partial charge in [0.25, 0.3) is 0 Å². The van der Waals surface area contributed by atoms with E-state index >= 15 is 0 Å². The van der Waals surface area contributed by atoms with Gasteiger partial charge in [0.2, 0.25) is 5.88 Å². The van der Waals surface area contributed by atoms with Gasteiger partial charge in [-0.2, -0.15) is 5.10 Å². The van der Waals surface area contributed by atoms with Crippen LogP contribution in [0.4, 0.5) is 0 Å². The third-order valence-electron chi connectivity index (χ3n) is 5.38. The van der Waals surface area contributed by atoms with Crippen LogP contribution in [0.3, 0.4) is 0 Å². The number of carbonyl (C=O) groups is 1. The predicted octanol–water partition coefficient (Wildman–Crippen LogP) is 3.28. The molecule has 0 amide bonds.